The van der Waals surface area contributed by atoms with E-state index in [1.165, 1.54) is 0 Å². The van der Waals surface area contributed by atoms with Crippen molar-refractivity contribution in [3.63, 3.8) is 0 Å². The van der Waals surface area contributed by atoms with Crippen LogP contribution in [0, 0.1) is 0 Å². The molecule has 0 bridgehead atoms. The van der Waals surface area contributed by atoms with Crippen molar-refractivity contribution in [2.45, 2.75) is 6.42 Å². The van der Waals surface area contributed by atoms with E-state index in [2.05, 4.69) is 14.7 Å². The average Bonchev–Trinajstić information content (AvgIpc) is 2.36. The Morgan fingerprint density at radius 2 is 2.00 bits per heavy atom. The topological polar surface area (TPSA) is 136 Å². The number of carboxylic acid groups (broad SMARTS) is 1. The average molecular weight is 289 g/mol. The van der Waals surface area contributed by atoms with E-state index < -0.39 is 39.2 Å². The molecule has 1 rings (SSSR count). The number of sulfonamides is 1. The number of ether oxygens (including phenoxy) is 1. The summed E-state index contributed by atoms with van der Waals surface area (Å²) in [7, 11) is -2.78. The first-order valence-corrected chi connectivity index (χ1v) is 6.62. The fourth-order valence-electron chi connectivity index (χ4n) is 1.09. The lowest BCUT2D eigenvalue weighted by molar-refractivity contribution is -0.140. The van der Waals surface area contributed by atoms with Gasteiger partial charge in [-0.25, -0.2) is 23.2 Å². The highest BCUT2D eigenvalue weighted by Crippen LogP contribution is 2.10. The van der Waals surface area contributed by atoms with E-state index in [4.69, 9.17) is 5.11 Å². The van der Waals surface area contributed by atoms with Crippen LogP contribution in [0.15, 0.2) is 12.4 Å². The van der Waals surface area contributed by atoms with Gasteiger partial charge in [0.2, 0.25) is 10.0 Å². The predicted molar refractivity (Wildman–Crippen MR) is 63.0 cm³/mol. The van der Waals surface area contributed by atoms with E-state index in [9.17, 15) is 18.0 Å². The molecule has 0 atom stereocenters. The number of hydrogen-bond donors (Lipinski definition) is 2. The quantitative estimate of drug-likeness (QED) is 0.668. The zero-order chi connectivity index (χ0) is 14.5. The molecule has 0 aliphatic rings. The van der Waals surface area contributed by atoms with Crippen molar-refractivity contribution in [3.05, 3.63) is 18.1 Å². The lowest BCUT2D eigenvalue weighted by atomic mass is 10.4. The number of aromatic carboxylic acids is 1. The van der Waals surface area contributed by atoms with E-state index >= 15 is 0 Å². The van der Waals surface area contributed by atoms with Gasteiger partial charge in [-0.1, -0.05) is 0 Å². The Morgan fingerprint density at radius 1 is 1.37 bits per heavy atom. The molecule has 0 fully saturated rings. The number of nitrogens with one attached hydrogen (secondary N) is 1. The third-order valence-corrected chi connectivity index (χ3v) is 3.20. The molecule has 0 spiro atoms. The summed E-state index contributed by atoms with van der Waals surface area (Å²) in [5.74, 6) is -3.06. The molecule has 1 aromatic rings. The van der Waals surface area contributed by atoms with Gasteiger partial charge in [-0.2, -0.15) is 0 Å². The number of carboxylic acids is 1. The van der Waals surface area contributed by atoms with E-state index in [-0.39, 0.29) is 6.42 Å². The summed E-state index contributed by atoms with van der Waals surface area (Å²) < 4.78 is 29.5. The molecule has 0 aromatic carbocycles. The molecule has 2 N–H and O–H groups in total. The zero-order valence-corrected chi connectivity index (χ0v) is 10.7. The summed E-state index contributed by atoms with van der Waals surface area (Å²) in [6, 6.07) is 0. The summed E-state index contributed by atoms with van der Waals surface area (Å²) >= 11 is 0. The Kier molecular flexibility index (Phi) is 4.75. The lowest BCUT2D eigenvalue weighted by Crippen LogP contribution is -2.22. The van der Waals surface area contributed by atoms with Crippen molar-refractivity contribution in [3.8, 4) is 0 Å². The van der Waals surface area contributed by atoms with E-state index in [1.54, 1.807) is 0 Å². The molecule has 1 heterocycles. The monoisotopic (exact) mass is 289 g/mol. The van der Waals surface area contributed by atoms with Crippen molar-refractivity contribution < 1.29 is 27.9 Å². The number of nitrogens with zero attached hydrogens (tertiary/aromatic N) is 2. The van der Waals surface area contributed by atoms with Crippen LogP contribution >= 0.6 is 0 Å². The molecular formula is C9H11N3O6S. The predicted octanol–water partition coefficient (Wildman–Crippen LogP) is -0.520. The van der Waals surface area contributed by atoms with Crippen molar-refractivity contribution in [2.75, 3.05) is 17.6 Å². The Balaban J connectivity index is 2.84. The third kappa shape index (κ3) is 4.50. The van der Waals surface area contributed by atoms with Gasteiger partial charge in [0.25, 0.3) is 0 Å². The number of esters is 1. The normalized spacial score (nSPS) is 10.8. The molecular weight excluding hydrogens is 278 g/mol. The van der Waals surface area contributed by atoms with Gasteiger partial charge in [0, 0.05) is 12.4 Å². The first-order chi connectivity index (χ1) is 8.85. The summed E-state index contributed by atoms with van der Waals surface area (Å²) in [6.45, 7) is 0. The van der Waals surface area contributed by atoms with Crippen LogP contribution in [0.2, 0.25) is 0 Å². The van der Waals surface area contributed by atoms with Gasteiger partial charge in [-0.3, -0.25) is 9.52 Å². The van der Waals surface area contributed by atoms with Crippen LogP contribution in [0.1, 0.15) is 16.9 Å². The molecule has 0 unspecified atom stereocenters. The lowest BCUT2D eigenvalue weighted by Gasteiger charge is -2.07. The van der Waals surface area contributed by atoms with Crippen molar-refractivity contribution in [2.24, 2.45) is 0 Å². The Bertz CT molecular complexity index is 585. The van der Waals surface area contributed by atoms with Gasteiger partial charge in [0.1, 0.15) is 0 Å². The van der Waals surface area contributed by atoms with Crippen molar-refractivity contribution >= 4 is 27.8 Å². The minimum absolute atomic E-state index is 0.353. The zero-order valence-electron chi connectivity index (χ0n) is 9.86. The fourth-order valence-corrected chi connectivity index (χ4v) is 2.07. The fraction of sp³-hybridized carbons (Fsp3) is 0.333. The highest BCUT2D eigenvalue weighted by atomic mass is 32.2. The molecule has 19 heavy (non-hydrogen) atoms. The van der Waals surface area contributed by atoms with E-state index in [0.717, 1.165) is 19.5 Å². The summed E-state index contributed by atoms with van der Waals surface area (Å²) in [4.78, 5) is 28.7. The number of carbonyl (C=O) groups excluding carboxylic acids is 1. The number of anilines is 1. The van der Waals surface area contributed by atoms with Crippen molar-refractivity contribution in [1.29, 1.82) is 0 Å². The van der Waals surface area contributed by atoms with Crippen LogP contribution < -0.4 is 4.72 Å². The number of methoxy groups -OCH3 is 1. The van der Waals surface area contributed by atoms with Gasteiger partial charge in [-0.15, -0.1) is 0 Å². The summed E-state index contributed by atoms with van der Waals surface area (Å²) in [5.41, 5.74) is -0.524. The summed E-state index contributed by atoms with van der Waals surface area (Å²) in [5, 5.41) is 8.81. The SMILES string of the molecule is COC(=O)CCS(=O)(=O)Nc1nccnc1C(=O)O. The largest absolute Gasteiger partial charge is 0.476 e. The molecule has 9 nitrogen and oxygen atoms in total. The number of aromatic nitrogens is 2. The second kappa shape index (κ2) is 6.09. The number of hydrogen-bond acceptors (Lipinski definition) is 7. The molecule has 104 valence electrons. The van der Waals surface area contributed by atoms with Crippen LogP contribution in [0.5, 0.6) is 0 Å². The first kappa shape index (κ1) is 14.8. The standard InChI is InChI=1S/C9H11N3O6S/c1-18-6(13)2-5-19(16,17)12-8-7(9(14)15)10-3-4-11-8/h3-4H,2,5H2,1H3,(H,11,12)(H,14,15). The van der Waals surface area contributed by atoms with Gasteiger partial charge < -0.3 is 9.84 Å². The van der Waals surface area contributed by atoms with E-state index in [0.29, 0.717) is 0 Å². The maximum absolute atomic E-state index is 11.6. The summed E-state index contributed by atoms with van der Waals surface area (Å²) in [6.07, 6.45) is 1.91. The highest BCUT2D eigenvalue weighted by molar-refractivity contribution is 7.92. The second-order valence-corrected chi connectivity index (χ2v) is 5.15. The molecule has 0 aliphatic heterocycles. The minimum atomic E-state index is -3.91. The molecule has 0 amide bonds. The van der Waals surface area contributed by atoms with Crippen LogP contribution in [0.3, 0.4) is 0 Å². The maximum atomic E-state index is 11.6. The van der Waals surface area contributed by atoms with Crippen LogP contribution in [-0.2, 0) is 19.6 Å². The Hall–Kier alpha value is -2.23. The highest BCUT2D eigenvalue weighted by Gasteiger charge is 2.19. The Labute approximate surface area is 108 Å². The van der Waals surface area contributed by atoms with Crippen molar-refractivity contribution in [1.82, 2.24) is 9.97 Å². The van der Waals surface area contributed by atoms with Gasteiger partial charge in [0.15, 0.2) is 11.5 Å². The van der Waals surface area contributed by atoms with Gasteiger partial charge in [0.05, 0.1) is 19.3 Å². The molecule has 0 saturated heterocycles. The van der Waals surface area contributed by atoms with Crippen LogP contribution in [0.25, 0.3) is 0 Å². The van der Waals surface area contributed by atoms with Gasteiger partial charge in [-0.05, 0) is 0 Å². The van der Waals surface area contributed by atoms with Gasteiger partial charge >= 0.3 is 11.9 Å². The maximum Gasteiger partial charge on any atom is 0.358 e. The Morgan fingerprint density at radius 3 is 2.58 bits per heavy atom. The van der Waals surface area contributed by atoms with Crippen LogP contribution in [0.4, 0.5) is 5.82 Å². The number of rotatable bonds is 6. The molecule has 0 radical (unpaired) electrons. The first-order valence-electron chi connectivity index (χ1n) is 4.97. The van der Waals surface area contributed by atoms with Crippen LogP contribution in [-0.4, -0.2) is 48.3 Å². The number of carbonyl (C=O) groups is 2. The minimum Gasteiger partial charge on any atom is -0.476 e. The molecule has 1 aromatic heterocycles. The third-order valence-electron chi connectivity index (χ3n) is 1.96. The molecule has 10 heteroatoms. The second-order valence-electron chi connectivity index (χ2n) is 3.31. The molecule has 0 aliphatic carbocycles. The van der Waals surface area contributed by atoms with E-state index in [1.807, 2.05) is 4.72 Å². The smallest absolute Gasteiger partial charge is 0.358 e. The molecule has 0 saturated carbocycles.